The van der Waals surface area contributed by atoms with Gasteiger partial charge in [-0.3, -0.25) is 0 Å². The number of nitrogens with one attached hydrogen (secondary N) is 2. The monoisotopic (exact) mass is 295 g/mol. The minimum atomic E-state index is -1.37. The molecule has 1 aliphatic rings. The van der Waals surface area contributed by atoms with Crippen LogP contribution in [0.25, 0.3) is 0 Å². The average molecular weight is 295 g/mol. The Hall–Kier alpha value is -2.15. The van der Waals surface area contributed by atoms with E-state index in [9.17, 15) is 14.0 Å². The highest BCUT2D eigenvalue weighted by Gasteiger charge is 2.13. The smallest absolute Gasteiger partial charge is 0.338 e. The molecule has 0 atom stereocenters. The number of nitrogens with zero attached hydrogens (tertiary/aromatic N) is 1. The summed E-state index contributed by atoms with van der Waals surface area (Å²) >= 11 is 0. The van der Waals surface area contributed by atoms with E-state index in [2.05, 4.69) is 15.5 Å². The molecule has 21 heavy (non-hydrogen) atoms. The van der Waals surface area contributed by atoms with E-state index >= 15 is 0 Å². The number of hydrogen-bond donors (Lipinski definition) is 3. The van der Waals surface area contributed by atoms with Crippen molar-refractivity contribution in [3.63, 3.8) is 0 Å². The lowest BCUT2D eigenvalue weighted by atomic mass is 10.2. The largest absolute Gasteiger partial charge is 0.478 e. The van der Waals surface area contributed by atoms with Crippen molar-refractivity contribution < 1.29 is 19.1 Å². The number of benzene rings is 1. The Labute approximate surface area is 121 Å². The maximum absolute atomic E-state index is 13.2. The first-order valence-corrected chi connectivity index (χ1v) is 6.86. The first-order valence-electron chi connectivity index (χ1n) is 6.86. The van der Waals surface area contributed by atoms with Gasteiger partial charge in [0.25, 0.3) is 0 Å². The molecular weight excluding hydrogens is 277 g/mol. The average Bonchev–Trinajstić information content (AvgIpc) is 2.94. The van der Waals surface area contributed by atoms with Gasteiger partial charge in [-0.15, -0.1) is 0 Å². The second-order valence-electron chi connectivity index (χ2n) is 4.93. The predicted octanol–water partition coefficient (Wildman–Crippen LogP) is 1.74. The van der Waals surface area contributed by atoms with Crippen molar-refractivity contribution in [3.05, 3.63) is 29.6 Å². The standard InChI is InChI=1S/C14H18FN3O3/c15-12-4-3-10(9-11(12)13(19)20)17-14(21)16-5-8-18-6-1-2-7-18/h3-4,9H,1-2,5-8H2,(H,19,20)(H2,16,17,21). The Kier molecular flexibility index (Phi) is 5.10. The molecule has 2 amide bonds. The van der Waals surface area contributed by atoms with E-state index in [-0.39, 0.29) is 5.69 Å². The molecule has 0 saturated carbocycles. The van der Waals surface area contributed by atoms with Crippen LogP contribution in [0, 0.1) is 5.82 Å². The number of carbonyl (C=O) groups is 2. The number of urea groups is 1. The third-order valence-corrected chi connectivity index (χ3v) is 3.37. The summed E-state index contributed by atoms with van der Waals surface area (Å²) in [4.78, 5) is 24.7. The number of carboxylic acid groups (broad SMARTS) is 1. The van der Waals surface area contributed by atoms with Gasteiger partial charge in [0.2, 0.25) is 0 Å². The van der Waals surface area contributed by atoms with Crippen LogP contribution in [0.15, 0.2) is 18.2 Å². The summed E-state index contributed by atoms with van der Waals surface area (Å²) in [7, 11) is 0. The first kappa shape index (κ1) is 15.2. The first-order chi connectivity index (χ1) is 10.1. The fraction of sp³-hybridized carbons (Fsp3) is 0.429. The molecule has 1 fully saturated rings. The molecule has 7 heteroatoms. The Morgan fingerprint density at radius 3 is 2.67 bits per heavy atom. The van der Waals surface area contributed by atoms with Gasteiger partial charge in [0.05, 0.1) is 5.56 Å². The second kappa shape index (κ2) is 7.03. The van der Waals surface area contributed by atoms with Crippen LogP contribution in [-0.4, -0.2) is 48.2 Å². The van der Waals surface area contributed by atoms with Crippen molar-refractivity contribution in [1.82, 2.24) is 10.2 Å². The quantitative estimate of drug-likeness (QED) is 0.773. The summed E-state index contributed by atoms with van der Waals surface area (Å²) in [6, 6.07) is 3.00. The maximum Gasteiger partial charge on any atom is 0.338 e. The topological polar surface area (TPSA) is 81.7 Å². The molecule has 114 valence electrons. The lowest BCUT2D eigenvalue weighted by Gasteiger charge is -2.15. The van der Waals surface area contributed by atoms with Gasteiger partial charge in [-0.1, -0.05) is 0 Å². The van der Waals surface area contributed by atoms with Gasteiger partial charge in [-0.2, -0.15) is 0 Å². The van der Waals surface area contributed by atoms with Gasteiger partial charge < -0.3 is 20.6 Å². The van der Waals surface area contributed by atoms with Crippen molar-refractivity contribution in [2.45, 2.75) is 12.8 Å². The van der Waals surface area contributed by atoms with Crippen LogP contribution in [0.2, 0.25) is 0 Å². The molecule has 2 rings (SSSR count). The molecule has 0 radical (unpaired) electrons. The lowest BCUT2D eigenvalue weighted by molar-refractivity contribution is 0.0692. The molecular formula is C14H18FN3O3. The van der Waals surface area contributed by atoms with Crippen molar-refractivity contribution >= 4 is 17.7 Å². The van der Waals surface area contributed by atoms with Crippen molar-refractivity contribution in [2.75, 3.05) is 31.5 Å². The number of halogens is 1. The molecule has 0 bridgehead atoms. The van der Waals surface area contributed by atoms with Gasteiger partial charge in [0, 0.05) is 18.8 Å². The molecule has 3 N–H and O–H groups in total. The van der Waals surface area contributed by atoms with E-state index < -0.39 is 23.4 Å². The molecule has 0 spiro atoms. The molecule has 0 aromatic heterocycles. The summed E-state index contributed by atoms with van der Waals surface area (Å²) in [6.45, 7) is 3.42. The van der Waals surface area contributed by atoms with Crippen molar-refractivity contribution in [2.24, 2.45) is 0 Å². The number of rotatable bonds is 5. The van der Waals surface area contributed by atoms with Crippen LogP contribution in [0.1, 0.15) is 23.2 Å². The number of carbonyl (C=O) groups excluding carboxylic acids is 1. The van der Waals surface area contributed by atoms with E-state index in [1.165, 1.54) is 18.9 Å². The summed E-state index contributed by atoms with van der Waals surface area (Å²) in [5, 5.41) is 14.0. The summed E-state index contributed by atoms with van der Waals surface area (Å²) in [6.07, 6.45) is 2.39. The zero-order chi connectivity index (χ0) is 15.2. The predicted molar refractivity (Wildman–Crippen MR) is 76.1 cm³/mol. The molecule has 0 unspecified atom stereocenters. The number of carboxylic acids is 1. The number of aromatic carboxylic acids is 1. The molecule has 1 saturated heterocycles. The van der Waals surface area contributed by atoms with E-state index in [1.54, 1.807) is 0 Å². The molecule has 1 aromatic carbocycles. The zero-order valence-corrected chi connectivity index (χ0v) is 11.6. The fourth-order valence-corrected chi connectivity index (χ4v) is 2.28. The number of anilines is 1. The highest BCUT2D eigenvalue weighted by molar-refractivity contribution is 5.93. The number of amides is 2. The Bertz CT molecular complexity index is 530. The third kappa shape index (κ3) is 4.42. The minimum absolute atomic E-state index is 0.243. The summed E-state index contributed by atoms with van der Waals surface area (Å²) in [5.41, 5.74) is -0.225. The van der Waals surface area contributed by atoms with E-state index in [1.807, 2.05) is 0 Å². The highest BCUT2D eigenvalue weighted by atomic mass is 19.1. The maximum atomic E-state index is 13.2. The van der Waals surface area contributed by atoms with Gasteiger partial charge >= 0.3 is 12.0 Å². The van der Waals surface area contributed by atoms with Crippen LogP contribution in [0.4, 0.5) is 14.9 Å². The normalized spacial score (nSPS) is 14.9. The third-order valence-electron chi connectivity index (χ3n) is 3.37. The van der Waals surface area contributed by atoms with Crippen molar-refractivity contribution in [1.29, 1.82) is 0 Å². The van der Waals surface area contributed by atoms with Crippen LogP contribution >= 0.6 is 0 Å². The van der Waals surface area contributed by atoms with Gasteiger partial charge in [-0.25, -0.2) is 14.0 Å². The second-order valence-corrected chi connectivity index (χ2v) is 4.93. The lowest BCUT2D eigenvalue weighted by Crippen LogP contribution is -2.35. The highest BCUT2D eigenvalue weighted by Crippen LogP contribution is 2.14. The van der Waals surface area contributed by atoms with E-state index in [4.69, 9.17) is 5.11 Å². The number of likely N-dealkylation sites (tertiary alicyclic amines) is 1. The van der Waals surface area contributed by atoms with Crippen LogP contribution < -0.4 is 10.6 Å². The Balaban J connectivity index is 1.81. The number of hydrogen-bond acceptors (Lipinski definition) is 3. The molecule has 6 nitrogen and oxygen atoms in total. The minimum Gasteiger partial charge on any atom is -0.478 e. The van der Waals surface area contributed by atoms with Crippen LogP contribution in [0.5, 0.6) is 0 Å². The molecule has 0 aliphatic carbocycles. The van der Waals surface area contributed by atoms with E-state index in [0.717, 1.165) is 31.8 Å². The molecule has 1 aliphatic heterocycles. The van der Waals surface area contributed by atoms with Crippen LogP contribution in [0.3, 0.4) is 0 Å². The summed E-state index contributed by atoms with van der Waals surface area (Å²) < 4.78 is 13.2. The Morgan fingerprint density at radius 2 is 2.00 bits per heavy atom. The summed E-state index contributed by atoms with van der Waals surface area (Å²) in [5.74, 6) is -2.20. The van der Waals surface area contributed by atoms with E-state index in [0.29, 0.717) is 6.54 Å². The SMILES string of the molecule is O=C(NCCN1CCCC1)Nc1ccc(F)c(C(=O)O)c1. The van der Waals surface area contributed by atoms with Gasteiger partial charge in [0.15, 0.2) is 0 Å². The van der Waals surface area contributed by atoms with Crippen LogP contribution in [-0.2, 0) is 0 Å². The van der Waals surface area contributed by atoms with Gasteiger partial charge in [0.1, 0.15) is 5.82 Å². The Morgan fingerprint density at radius 1 is 1.29 bits per heavy atom. The molecule has 1 aromatic rings. The fourth-order valence-electron chi connectivity index (χ4n) is 2.28. The molecule has 1 heterocycles. The zero-order valence-electron chi connectivity index (χ0n) is 11.6. The van der Waals surface area contributed by atoms with Gasteiger partial charge in [-0.05, 0) is 44.1 Å². The van der Waals surface area contributed by atoms with Crippen molar-refractivity contribution in [3.8, 4) is 0 Å².